The first kappa shape index (κ1) is 23.2. The summed E-state index contributed by atoms with van der Waals surface area (Å²) in [6, 6.07) is 14.3. The molecule has 1 unspecified atom stereocenters. The first-order chi connectivity index (χ1) is 14.9. The molecule has 0 saturated heterocycles. The van der Waals surface area contributed by atoms with E-state index in [4.69, 9.17) is 44.0 Å². The van der Waals surface area contributed by atoms with E-state index in [0.29, 0.717) is 43.8 Å². The van der Waals surface area contributed by atoms with Gasteiger partial charge in [-0.25, -0.2) is 5.43 Å². The Morgan fingerprint density at radius 1 is 1.10 bits per heavy atom. The van der Waals surface area contributed by atoms with Crippen LogP contribution in [-0.4, -0.2) is 18.7 Å². The van der Waals surface area contributed by atoms with Crippen molar-refractivity contribution in [3.63, 3.8) is 0 Å². The molecule has 1 amide bonds. The average Bonchev–Trinajstić information content (AvgIpc) is 3.23. The first-order valence-corrected chi connectivity index (χ1v) is 10.8. The minimum absolute atomic E-state index is 0.150. The highest BCUT2D eigenvalue weighted by molar-refractivity contribution is 6.44. The number of ether oxygens (including phenoxy) is 1. The molecule has 0 spiro atoms. The van der Waals surface area contributed by atoms with E-state index < -0.39 is 0 Å². The van der Waals surface area contributed by atoms with Gasteiger partial charge in [0.05, 0.1) is 21.3 Å². The number of hydrogen-bond donors (Lipinski definition) is 1. The molecule has 0 aliphatic carbocycles. The van der Waals surface area contributed by atoms with Crippen LogP contribution in [0.2, 0.25) is 15.1 Å². The van der Waals surface area contributed by atoms with E-state index in [-0.39, 0.29) is 12.5 Å². The van der Waals surface area contributed by atoms with E-state index >= 15 is 0 Å². The summed E-state index contributed by atoms with van der Waals surface area (Å²) in [6.45, 7) is 4.16. The average molecular weight is 480 g/mol. The van der Waals surface area contributed by atoms with Gasteiger partial charge in [0.15, 0.2) is 6.61 Å². The van der Waals surface area contributed by atoms with E-state index in [1.54, 1.807) is 24.3 Å². The first-order valence-electron chi connectivity index (χ1n) is 9.66. The summed E-state index contributed by atoms with van der Waals surface area (Å²) in [5.41, 5.74) is 4.24. The smallest absolute Gasteiger partial charge is 0.277 e. The van der Waals surface area contributed by atoms with Crippen molar-refractivity contribution in [1.82, 2.24) is 5.43 Å². The fourth-order valence-corrected chi connectivity index (χ4v) is 3.40. The zero-order valence-corrected chi connectivity index (χ0v) is 19.3. The quantitative estimate of drug-likeness (QED) is 0.216. The molecule has 0 radical (unpaired) electrons. The number of rotatable bonds is 8. The number of hydrazone groups is 1. The normalized spacial score (nSPS) is 12.2. The van der Waals surface area contributed by atoms with Crippen molar-refractivity contribution >= 4 is 46.9 Å². The van der Waals surface area contributed by atoms with Gasteiger partial charge < -0.3 is 9.15 Å². The van der Waals surface area contributed by atoms with Crippen molar-refractivity contribution in [1.29, 1.82) is 0 Å². The number of carbonyl (C=O) groups is 1. The third-order valence-electron chi connectivity index (χ3n) is 4.71. The largest absolute Gasteiger partial charge is 0.484 e. The van der Waals surface area contributed by atoms with Crippen molar-refractivity contribution in [3.8, 4) is 17.1 Å². The highest BCUT2D eigenvalue weighted by atomic mass is 35.5. The van der Waals surface area contributed by atoms with Crippen molar-refractivity contribution in [2.24, 2.45) is 5.10 Å². The molecular weight excluding hydrogens is 459 g/mol. The van der Waals surface area contributed by atoms with Crippen LogP contribution >= 0.6 is 34.8 Å². The maximum absolute atomic E-state index is 11.9. The lowest BCUT2D eigenvalue weighted by Crippen LogP contribution is -2.24. The molecule has 0 fully saturated rings. The molecule has 162 valence electrons. The zero-order valence-electron chi connectivity index (χ0n) is 17.0. The van der Waals surface area contributed by atoms with Gasteiger partial charge in [-0.15, -0.1) is 0 Å². The summed E-state index contributed by atoms with van der Waals surface area (Å²) >= 11 is 18.2. The molecule has 0 saturated carbocycles. The van der Waals surface area contributed by atoms with Gasteiger partial charge in [0.25, 0.3) is 5.91 Å². The van der Waals surface area contributed by atoms with Crippen LogP contribution in [0, 0.1) is 0 Å². The van der Waals surface area contributed by atoms with Crippen molar-refractivity contribution in [2.75, 3.05) is 6.61 Å². The van der Waals surface area contributed by atoms with Gasteiger partial charge in [-0.3, -0.25) is 4.79 Å². The SMILES string of the molecule is CCC(C)c1ccc(OCC(=O)N/N=C/c2ccc(-c3cc(Cl)c(Cl)cc3Cl)o2)cc1. The van der Waals surface area contributed by atoms with E-state index in [2.05, 4.69) is 24.4 Å². The third kappa shape index (κ3) is 6.26. The standard InChI is InChI=1S/C23H21Cl3N2O3/c1-3-14(2)15-4-6-16(7-5-15)30-13-23(29)28-27-12-17-8-9-22(31-17)18-10-20(25)21(26)11-19(18)24/h4-12,14H,3,13H2,1-2H3,(H,28,29)/b27-12+. The molecule has 0 bridgehead atoms. The molecule has 3 aromatic rings. The number of hydrogen-bond acceptors (Lipinski definition) is 4. The van der Waals surface area contributed by atoms with E-state index in [0.717, 1.165) is 6.42 Å². The van der Waals surface area contributed by atoms with Crippen molar-refractivity contribution < 1.29 is 13.9 Å². The predicted octanol–water partition coefficient (Wildman–Crippen LogP) is 6.95. The van der Waals surface area contributed by atoms with Gasteiger partial charge in [-0.2, -0.15) is 5.10 Å². The van der Waals surface area contributed by atoms with Crippen LogP contribution in [0.4, 0.5) is 0 Å². The minimum Gasteiger partial charge on any atom is -0.484 e. The Kier molecular flexibility index (Phi) is 8.02. The summed E-state index contributed by atoms with van der Waals surface area (Å²) in [5, 5.41) is 5.03. The predicted molar refractivity (Wildman–Crippen MR) is 126 cm³/mol. The molecule has 1 atom stereocenters. The van der Waals surface area contributed by atoms with Crippen LogP contribution in [0.15, 0.2) is 58.0 Å². The maximum atomic E-state index is 11.9. The van der Waals surface area contributed by atoms with Crippen LogP contribution in [-0.2, 0) is 4.79 Å². The Morgan fingerprint density at radius 3 is 2.52 bits per heavy atom. The third-order valence-corrected chi connectivity index (χ3v) is 5.75. The van der Waals surface area contributed by atoms with Crippen molar-refractivity contribution in [3.05, 3.63) is 74.9 Å². The fraction of sp³-hybridized carbons (Fsp3) is 0.217. The molecule has 1 heterocycles. The molecule has 31 heavy (non-hydrogen) atoms. The Morgan fingerprint density at radius 2 is 1.81 bits per heavy atom. The number of nitrogens with one attached hydrogen (secondary N) is 1. The van der Waals surface area contributed by atoms with Crippen LogP contribution in [0.5, 0.6) is 5.75 Å². The van der Waals surface area contributed by atoms with Gasteiger partial charge in [0, 0.05) is 5.56 Å². The number of halogens is 3. The van der Waals surface area contributed by atoms with Crippen LogP contribution < -0.4 is 10.2 Å². The summed E-state index contributed by atoms with van der Waals surface area (Å²) < 4.78 is 11.2. The number of nitrogens with zero attached hydrogens (tertiary/aromatic N) is 1. The van der Waals surface area contributed by atoms with Crippen LogP contribution in [0.3, 0.4) is 0 Å². The van der Waals surface area contributed by atoms with Crippen LogP contribution in [0.25, 0.3) is 11.3 Å². The molecular formula is C23H21Cl3N2O3. The van der Waals surface area contributed by atoms with Gasteiger partial charge in [0.2, 0.25) is 0 Å². The zero-order chi connectivity index (χ0) is 22.4. The second-order valence-electron chi connectivity index (χ2n) is 6.91. The number of carbonyl (C=O) groups excluding carboxylic acids is 1. The monoisotopic (exact) mass is 478 g/mol. The number of benzene rings is 2. The molecule has 1 N–H and O–H groups in total. The molecule has 0 aliphatic rings. The van der Waals surface area contributed by atoms with Crippen LogP contribution in [0.1, 0.15) is 37.5 Å². The van der Waals surface area contributed by atoms with Crippen molar-refractivity contribution in [2.45, 2.75) is 26.2 Å². The highest BCUT2D eigenvalue weighted by Crippen LogP contribution is 2.35. The lowest BCUT2D eigenvalue weighted by Gasteiger charge is -2.10. The van der Waals surface area contributed by atoms with Gasteiger partial charge >= 0.3 is 0 Å². The Bertz CT molecular complexity index is 1080. The summed E-state index contributed by atoms with van der Waals surface area (Å²) in [7, 11) is 0. The second-order valence-corrected chi connectivity index (χ2v) is 8.13. The summed E-state index contributed by atoms with van der Waals surface area (Å²) in [5.74, 6) is 1.66. The molecule has 3 rings (SSSR count). The second kappa shape index (κ2) is 10.7. The van der Waals surface area contributed by atoms with Gasteiger partial charge in [-0.1, -0.05) is 60.8 Å². The minimum atomic E-state index is -0.387. The number of amides is 1. The van der Waals surface area contributed by atoms with E-state index in [1.165, 1.54) is 11.8 Å². The molecule has 1 aromatic heterocycles. The van der Waals surface area contributed by atoms with Gasteiger partial charge in [-0.05, 0) is 54.3 Å². The van der Waals surface area contributed by atoms with E-state index in [9.17, 15) is 4.79 Å². The Labute approximate surface area is 195 Å². The van der Waals surface area contributed by atoms with E-state index in [1.807, 2.05) is 24.3 Å². The molecule has 2 aromatic carbocycles. The number of furan rings is 1. The molecule has 8 heteroatoms. The lowest BCUT2D eigenvalue weighted by molar-refractivity contribution is -0.123. The summed E-state index contributed by atoms with van der Waals surface area (Å²) in [4.78, 5) is 11.9. The lowest BCUT2D eigenvalue weighted by atomic mass is 9.99. The van der Waals surface area contributed by atoms with Gasteiger partial charge in [0.1, 0.15) is 17.3 Å². The Hall–Kier alpha value is -2.47. The molecule has 0 aliphatic heterocycles. The summed E-state index contributed by atoms with van der Waals surface area (Å²) in [6.07, 6.45) is 2.45. The molecule has 5 nitrogen and oxygen atoms in total. The fourth-order valence-electron chi connectivity index (χ4n) is 2.76. The topological polar surface area (TPSA) is 63.8 Å². The highest BCUT2D eigenvalue weighted by Gasteiger charge is 2.11. The maximum Gasteiger partial charge on any atom is 0.277 e. The Balaban J connectivity index is 1.52.